The summed E-state index contributed by atoms with van der Waals surface area (Å²) in [6, 6.07) is 1.22. The molecule has 9 nitrogen and oxygen atoms in total. The van der Waals surface area contributed by atoms with E-state index in [-0.39, 0.29) is 54.5 Å². The lowest BCUT2D eigenvalue weighted by molar-refractivity contribution is 0.107. The lowest BCUT2D eigenvalue weighted by Gasteiger charge is -2.39. The zero-order chi connectivity index (χ0) is 32.8. The quantitative estimate of drug-likeness (QED) is 0.171. The molecule has 2 N–H and O–H groups in total. The Morgan fingerprint density at radius 1 is 1.02 bits per heavy atom. The van der Waals surface area contributed by atoms with Gasteiger partial charge in [-0.25, -0.2) is 31.3 Å². The summed E-state index contributed by atoms with van der Waals surface area (Å²) in [7, 11) is 0. The van der Waals surface area contributed by atoms with Crippen molar-refractivity contribution in [1.29, 1.82) is 0 Å². The van der Waals surface area contributed by atoms with Crippen LogP contribution >= 0.6 is 0 Å². The van der Waals surface area contributed by atoms with Crippen LogP contribution in [-0.2, 0) is 0 Å². The van der Waals surface area contributed by atoms with Gasteiger partial charge in [0.2, 0.25) is 5.88 Å². The van der Waals surface area contributed by atoms with Crippen LogP contribution in [0.25, 0.3) is 32.9 Å². The number of halogens is 6. The number of fused-ring (bicyclic) bond motifs is 4. The number of nitrogens with one attached hydrogen (secondary N) is 1. The lowest BCUT2D eigenvalue weighted by atomic mass is 9.95. The number of benzene rings is 2. The molecule has 4 aliphatic heterocycles. The standard InChI is InChI=1S/C32H30F6N6O3/c1-2-15-11-44-16(9-39-15)12-46-30-21-28(41-31(42-29(21)44)47-13-32-4-3-5-43(32)10-14(33)8-32)26(38)27(40-30)19-7-17(45)6-18-20(19)23(35)25(37)24(36)22(18)34/h6-7,14-16,39,45H,2-5,8-13H2,1H3/t14-,15-,16+,32+/m1/s1. The molecule has 248 valence electrons. The first-order valence-corrected chi connectivity index (χ1v) is 15.6. The number of ether oxygens (including phenoxy) is 2. The van der Waals surface area contributed by atoms with Crippen LogP contribution < -0.4 is 19.7 Å². The summed E-state index contributed by atoms with van der Waals surface area (Å²) in [5, 5.41) is 12.3. The van der Waals surface area contributed by atoms with Gasteiger partial charge in [-0.15, -0.1) is 0 Å². The third kappa shape index (κ3) is 4.64. The molecular formula is C32H30F6N6O3. The zero-order valence-electron chi connectivity index (χ0n) is 25.2. The summed E-state index contributed by atoms with van der Waals surface area (Å²) in [5.41, 5.74) is -2.07. The number of pyridine rings is 1. The average Bonchev–Trinajstić information content (AvgIpc) is 3.54. The van der Waals surface area contributed by atoms with Gasteiger partial charge >= 0.3 is 6.01 Å². The van der Waals surface area contributed by atoms with Crippen LogP contribution in [0.4, 0.5) is 32.2 Å². The first-order valence-electron chi connectivity index (χ1n) is 15.6. The first-order chi connectivity index (χ1) is 22.6. The molecule has 0 spiro atoms. The van der Waals surface area contributed by atoms with E-state index >= 15 is 8.78 Å². The van der Waals surface area contributed by atoms with E-state index in [4.69, 9.17) is 14.5 Å². The van der Waals surface area contributed by atoms with Crippen molar-refractivity contribution in [1.82, 2.24) is 25.2 Å². The minimum atomic E-state index is -2.10. The highest BCUT2D eigenvalue weighted by atomic mass is 19.2. The summed E-state index contributed by atoms with van der Waals surface area (Å²) in [6.45, 7) is 4.22. The van der Waals surface area contributed by atoms with Gasteiger partial charge in [0.15, 0.2) is 29.1 Å². The molecule has 0 unspecified atom stereocenters. The molecule has 2 aromatic carbocycles. The number of phenols is 1. The number of phenolic OH excluding ortho intramolecular Hbond substituents is 1. The van der Waals surface area contributed by atoms with Gasteiger partial charge in [0.1, 0.15) is 47.5 Å². The van der Waals surface area contributed by atoms with E-state index in [1.54, 1.807) is 0 Å². The fraction of sp³-hybridized carbons (Fsp3) is 0.469. The lowest BCUT2D eigenvalue weighted by Crippen LogP contribution is -2.58. The van der Waals surface area contributed by atoms with E-state index in [1.165, 1.54) is 0 Å². The average molecular weight is 661 g/mol. The van der Waals surface area contributed by atoms with E-state index in [0.29, 0.717) is 31.5 Å². The largest absolute Gasteiger partial charge is 0.508 e. The van der Waals surface area contributed by atoms with Crippen LogP contribution in [0.5, 0.6) is 17.6 Å². The maximum atomic E-state index is 16.8. The summed E-state index contributed by atoms with van der Waals surface area (Å²) < 4.78 is 102. The maximum absolute atomic E-state index is 16.8. The second-order valence-corrected chi connectivity index (χ2v) is 12.8. The number of rotatable bonds is 5. The molecule has 0 radical (unpaired) electrons. The van der Waals surface area contributed by atoms with E-state index in [1.807, 2.05) is 11.8 Å². The Kier molecular flexibility index (Phi) is 7.06. The highest BCUT2D eigenvalue weighted by Gasteiger charge is 2.49. The zero-order valence-corrected chi connectivity index (χ0v) is 25.2. The highest BCUT2D eigenvalue weighted by molar-refractivity contribution is 6.02. The number of piperazine rings is 1. The van der Waals surface area contributed by atoms with Crippen LogP contribution in [0.3, 0.4) is 0 Å². The third-order valence-corrected chi connectivity index (χ3v) is 10.0. The van der Waals surface area contributed by atoms with Gasteiger partial charge < -0.3 is 24.8 Å². The van der Waals surface area contributed by atoms with Crippen molar-refractivity contribution in [2.45, 2.75) is 56.4 Å². The second kappa shape index (κ2) is 11.0. The molecule has 4 aliphatic rings. The van der Waals surface area contributed by atoms with Crippen LogP contribution in [0.1, 0.15) is 32.6 Å². The number of hydrogen-bond acceptors (Lipinski definition) is 9. The number of aromatic hydroxyl groups is 1. The van der Waals surface area contributed by atoms with Crippen molar-refractivity contribution in [2.24, 2.45) is 0 Å². The van der Waals surface area contributed by atoms with E-state index < -0.39 is 68.6 Å². The van der Waals surface area contributed by atoms with E-state index in [9.17, 15) is 22.7 Å². The second-order valence-electron chi connectivity index (χ2n) is 12.8. The molecule has 15 heteroatoms. The van der Waals surface area contributed by atoms with Crippen molar-refractivity contribution in [3.63, 3.8) is 0 Å². The predicted octanol–water partition coefficient (Wildman–Crippen LogP) is 5.15. The summed E-state index contributed by atoms with van der Waals surface area (Å²) >= 11 is 0. The molecule has 6 heterocycles. The van der Waals surface area contributed by atoms with Crippen LogP contribution in [0.15, 0.2) is 12.1 Å². The van der Waals surface area contributed by atoms with E-state index in [0.717, 1.165) is 31.9 Å². The van der Waals surface area contributed by atoms with Gasteiger partial charge in [-0.05, 0) is 37.9 Å². The van der Waals surface area contributed by atoms with Crippen LogP contribution in [0.2, 0.25) is 0 Å². The highest BCUT2D eigenvalue weighted by Crippen LogP contribution is 2.45. The summed E-state index contributed by atoms with van der Waals surface area (Å²) in [5.74, 6) is -9.37. The Bertz CT molecular complexity index is 1950. The Balaban J connectivity index is 1.34. The Morgan fingerprint density at radius 2 is 1.83 bits per heavy atom. The molecule has 3 fully saturated rings. The van der Waals surface area contributed by atoms with Crippen molar-refractivity contribution in [3.05, 3.63) is 41.2 Å². The molecule has 8 rings (SSSR count). The minimum Gasteiger partial charge on any atom is -0.508 e. The number of anilines is 1. The fourth-order valence-corrected chi connectivity index (χ4v) is 7.67. The van der Waals surface area contributed by atoms with Crippen LogP contribution in [0, 0.1) is 29.1 Å². The topological polar surface area (TPSA) is 95.9 Å². The summed E-state index contributed by atoms with van der Waals surface area (Å²) in [4.78, 5) is 17.5. The summed E-state index contributed by atoms with van der Waals surface area (Å²) in [6.07, 6.45) is 1.68. The monoisotopic (exact) mass is 660 g/mol. The molecule has 47 heavy (non-hydrogen) atoms. The van der Waals surface area contributed by atoms with Gasteiger partial charge in [0.05, 0.1) is 11.6 Å². The SMILES string of the molecule is CC[C@@H]1CN2c3nc(OC[C@@]45CCCN4C[C@H](F)C5)nc4c(F)c(-c5cc(O)cc6c(F)c(F)c(F)c(F)c56)nc(c34)OC[C@@H]2CN1. The fourth-order valence-electron chi connectivity index (χ4n) is 7.67. The molecule has 0 amide bonds. The molecule has 4 atom stereocenters. The van der Waals surface area contributed by atoms with Crippen molar-refractivity contribution < 1.29 is 40.9 Å². The molecule has 0 saturated carbocycles. The molecule has 3 saturated heterocycles. The first kappa shape index (κ1) is 30.2. The van der Waals surface area contributed by atoms with Crippen molar-refractivity contribution >= 4 is 27.5 Å². The van der Waals surface area contributed by atoms with E-state index in [2.05, 4.69) is 20.2 Å². The van der Waals surface area contributed by atoms with Gasteiger partial charge in [-0.3, -0.25) is 4.90 Å². The van der Waals surface area contributed by atoms with Gasteiger partial charge in [0, 0.05) is 48.4 Å². The number of nitrogens with zero attached hydrogens (tertiary/aromatic N) is 5. The molecule has 0 aliphatic carbocycles. The predicted molar refractivity (Wildman–Crippen MR) is 159 cm³/mol. The van der Waals surface area contributed by atoms with Crippen molar-refractivity contribution in [3.8, 4) is 28.9 Å². The van der Waals surface area contributed by atoms with Gasteiger partial charge in [-0.2, -0.15) is 9.97 Å². The number of hydrogen-bond donors (Lipinski definition) is 2. The Morgan fingerprint density at radius 3 is 2.64 bits per heavy atom. The molecule has 0 bridgehead atoms. The normalized spacial score (nSPS) is 25.6. The van der Waals surface area contributed by atoms with Gasteiger partial charge in [0.25, 0.3) is 0 Å². The molecule has 2 aromatic heterocycles. The van der Waals surface area contributed by atoms with Crippen LogP contribution in [-0.4, -0.2) is 88.1 Å². The minimum absolute atomic E-state index is 0.0659. The molecular weight excluding hydrogens is 630 g/mol. The number of aromatic nitrogens is 3. The smallest absolute Gasteiger partial charge is 0.319 e. The third-order valence-electron chi connectivity index (χ3n) is 10.0. The Hall–Kier alpha value is -4.11. The Labute approximate surface area is 264 Å². The number of alkyl halides is 1. The molecule has 4 aromatic rings. The van der Waals surface area contributed by atoms with Crippen molar-refractivity contribution in [2.75, 3.05) is 44.3 Å². The van der Waals surface area contributed by atoms with Gasteiger partial charge in [-0.1, -0.05) is 6.92 Å². The maximum Gasteiger partial charge on any atom is 0.319 e.